The monoisotopic (exact) mass is 240 g/mol. The maximum atomic E-state index is 11.7. The molecule has 1 heterocycles. The summed E-state index contributed by atoms with van der Waals surface area (Å²) in [6.45, 7) is 4.63. The third-order valence-electron chi connectivity index (χ3n) is 3.33. The highest BCUT2D eigenvalue weighted by Crippen LogP contribution is 2.15. The molecule has 98 valence electrons. The summed E-state index contributed by atoms with van der Waals surface area (Å²) in [5.41, 5.74) is -0.680. The number of nitrogens with one attached hydrogen (secondary N) is 2. The highest BCUT2D eigenvalue weighted by molar-refractivity contribution is 5.92. The zero-order valence-electron chi connectivity index (χ0n) is 11.0. The quantitative estimate of drug-likeness (QED) is 0.666. The van der Waals surface area contributed by atoms with Gasteiger partial charge in [-0.15, -0.1) is 0 Å². The minimum absolute atomic E-state index is 0.000971. The van der Waals surface area contributed by atoms with Crippen LogP contribution in [-0.4, -0.2) is 23.9 Å². The van der Waals surface area contributed by atoms with Gasteiger partial charge in [-0.25, -0.2) is 0 Å². The molecule has 0 bridgehead atoms. The van der Waals surface area contributed by atoms with Gasteiger partial charge in [-0.05, 0) is 19.8 Å². The fourth-order valence-electron chi connectivity index (χ4n) is 2.11. The van der Waals surface area contributed by atoms with Gasteiger partial charge in [-0.3, -0.25) is 9.59 Å². The van der Waals surface area contributed by atoms with E-state index in [0.29, 0.717) is 19.4 Å². The first-order valence-electron chi connectivity index (χ1n) is 6.68. The summed E-state index contributed by atoms with van der Waals surface area (Å²) in [6.07, 6.45) is 6.89. The summed E-state index contributed by atoms with van der Waals surface area (Å²) >= 11 is 0. The van der Waals surface area contributed by atoms with E-state index in [1.807, 2.05) is 0 Å². The highest BCUT2D eigenvalue weighted by Gasteiger charge is 2.38. The van der Waals surface area contributed by atoms with E-state index in [2.05, 4.69) is 17.6 Å². The van der Waals surface area contributed by atoms with E-state index in [-0.39, 0.29) is 11.8 Å². The molecule has 0 aromatic carbocycles. The smallest absolute Gasteiger partial charge is 0.245 e. The Hall–Kier alpha value is -1.06. The Morgan fingerprint density at radius 1 is 1.35 bits per heavy atom. The molecule has 4 heteroatoms. The molecule has 2 amide bonds. The summed E-state index contributed by atoms with van der Waals surface area (Å²) < 4.78 is 0. The van der Waals surface area contributed by atoms with Crippen molar-refractivity contribution in [1.82, 2.24) is 10.6 Å². The van der Waals surface area contributed by atoms with Gasteiger partial charge in [0.05, 0.1) is 0 Å². The van der Waals surface area contributed by atoms with Crippen molar-refractivity contribution in [3.05, 3.63) is 0 Å². The van der Waals surface area contributed by atoms with Crippen molar-refractivity contribution in [2.75, 3.05) is 6.54 Å². The van der Waals surface area contributed by atoms with E-state index < -0.39 is 5.54 Å². The molecule has 1 atom stereocenters. The molecule has 1 aliphatic rings. The SMILES string of the molecule is CCCCCCCC(=O)N[C@@]1(C)CCNC1=O. The molecule has 0 unspecified atom stereocenters. The van der Waals surface area contributed by atoms with Crippen LogP contribution in [0.25, 0.3) is 0 Å². The van der Waals surface area contributed by atoms with Crippen LogP contribution in [0.15, 0.2) is 0 Å². The first-order chi connectivity index (χ1) is 8.08. The summed E-state index contributed by atoms with van der Waals surface area (Å²) in [5.74, 6) is -0.0575. The standard InChI is InChI=1S/C13H24N2O2/c1-3-4-5-6-7-8-11(16)15-13(2)9-10-14-12(13)17/h3-10H2,1-2H3,(H,14,17)(H,15,16)/t13-/m0/s1. The van der Waals surface area contributed by atoms with Gasteiger partial charge in [-0.1, -0.05) is 32.6 Å². The van der Waals surface area contributed by atoms with Gasteiger partial charge < -0.3 is 10.6 Å². The summed E-state index contributed by atoms with van der Waals surface area (Å²) in [7, 11) is 0. The Balaban J connectivity index is 2.18. The van der Waals surface area contributed by atoms with Gasteiger partial charge in [0.2, 0.25) is 11.8 Å². The van der Waals surface area contributed by atoms with E-state index in [1.165, 1.54) is 19.3 Å². The summed E-state index contributed by atoms with van der Waals surface area (Å²) in [4.78, 5) is 23.2. The molecule has 0 aromatic rings. The summed E-state index contributed by atoms with van der Waals surface area (Å²) in [5, 5.41) is 5.59. The van der Waals surface area contributed by atoms with E-state index >= 15 is 0 Å². The Bertz CT molecular complexity index is 279. The van der Waals surface area contributed by atoms with Crippen LogP contribution in [0.2, 0.25) is 0 Å². The van der Waals surface area contributed by atoms with Crippen LogP contribution in [0.5, 0.6) is 0 Å². The zero-order valence-corrected chi connectivity index (χ0v) is 11.0. The molecule has 0 radical (unpaired) electrons. The topological polar surface area (TPSA) is 58.2 Å². The average molecular weight is 240 g/mol. The van der Waals surface area contributed by atoms with Gasteiger partial charge in [0, 0.05) is 13.0 Å². The van der Waals surface area contributed by atoms with Crippen molar-refractivity contribution in [2.45, 2.75) is 64.3 Å². The minimum Gasteiger partial charge on any atom is -0.354 e. The summed E-state index contributed by atoms with van der Waals surface area (Å²) in [6, 6.07) is 0. The fourth-order valence-corrected chi connectivity index (χ4v) is 2.11. The largest absolute Gasteiger partial charge is 0.354 e. The normalized spacial score (nSPS) is 23.5. The maximum Gasteiger partial charge on any atom is 0.245 e. The molecule has 1 saturated heterocycles. The van der Waals surface area contributed by atoms with Gasteiger partial charge in [0.25, 0.3) is 0 Å². The third kappa shape index (κ3) is 4.36. The van der Waals surface area contributed by atoms with Crippen LogP contribution in [0.4, 0.5) is 0 Å². The molecule has 0 aromatic heterocycles. The van der Waals surface area contributed by atoms with Gasteiger partial charge in [0.1, 0.15) is 5.54 Å². The first-order valence-corrected chi connectivity index (χ1v) is 6.68. The second kappa shape index (κ2) is 6.62. The molecule has 1 fully saturated rings. The number of carbonyl (C=O) groups excluding carboxylic acids is 2. The Kier molecular flexibility index (Phi) is 5.45. The number of rotatable bonds is 7. The average Bonchev–Trinajstić information content (AvgIpc) is 2.58. The van der Waals surface area contributed by atoms with Crippen molar-refractivity contribution in [2.24, 2.45) is 0 Å². The highest BCUT2D eigenvalue weighted by atomic mass is 16.2. The molecule has 4 nitrogen and oxygen atoms in total. The van der Waals surface area contributed by atoms with Crippen LogP contribution in [0, 0.1) is 0 Å². The predicted molar refractivity (Wildman–Crippen MR) is 67.6 cm³/mol. The molecule has 17 heavy (non-hydrogen) atoms. The molecular formula is C13H24N2O2. The molecule has 0 saturated carbocycles. The van der Waals surface area contributed by atoms with E-state index in [9.17, 15) is 9.59 Å². The lowest BCUT2D eigenvalue weighted by atomic mass is 10.00. The molecule has 1 aliphatic heterocycles. The van der Waals surface area contributed by atoms with E-state index in [4.69, 9.17) is 0 Å². The third-order valence-corrected chi connectivity index (χ3v) is 3.33. The molecular weight excluding hydrogens is 216 g/mol. The minimum atomic E-state index is -0.680. The van der Waals surface area contributed by atoms with Crippen molar-refractivity contribution in [1.29, 1.82) is 0 Å². The Morgan fingerprint density at radius 2 is 2.06 bits per heavy atom. The van der Waals surface area contributed by atoms with Crippen LogP contribution in [0.3, 0.4) is 0 Å². The molecule has 1 rings (SSSR count). The van der Waals surface area contributed by atoms with E-state index in [1.54, 1.807) is 6.92 Å². The van der Waals surface area contributed by atoms with Crippen molar-refractivity contribution >= 4 is 11.8 Å². The zero-order chi connectivity index (χ0) is 12.7. The van der Waals surface area contributed by atoms with Crippen LogP contribution in [-0.2, 0) is 9.59 Å². The van der Waals surface area contributed by atoms with E-state index in [0.717, 1.165) is 12.8 Å². The Labute approximate surface area is 104 Å². The Morgan fingerprint density at radius 3 is 2.65 bits per heavy atom. The maximum absolute atomic E-state index is 11.7. The fraction of sp³-hybridized carbons (Fsp3) is 0.846. The van der Waals surface area contributed by atoms with Crippen LogP contribution < -0.4 is 10.6 Å². The molecule has 2 N–H and O–H groups in total. The number of hydrogen-bond donors (Lipinski definition) is 2. The second-order valence-corrected chi connectivity index (χ2v) is 5.05. The van der Waals surface area contributed by atoms with Crippen LogP contribution >= 0.6 is 0 Å². The number of amides is 2. The number of carbonyl (C=O) groups is 2. The van der Waals surface area contributed by atoms with Crippen molar-refractivity contribution < 1.29 is 9.59 Å². The molecule has 0 spiro atoms. The van der Waals surface area contributed by atoms with Crippen molar-refractivity contribution in [3.8, 4) is 0 Å². The van der Waals surface area contributed by atoms with Gasteiger partial charge in [-0.2, -0.15) is 0 Å². The van der Waals surface area contributed by atoms with Crippen molar-refractivity contribution in [3.63, 3.8) is 0 Å². The van der Waals surface area contributed by atoms with Gasteiger partial charge in [0.15, 0.2) is 0 Å². The predicted octanol–water partition coefficient (Wildman–Crippen LogP) is 1.74. The lowest BCUT2D eigenvalue weighted by Gasteiger charge is -2.22. The number of hydrogen-bond acceptors (Lipinski definition) is 2. The van der Waals surface area contributed by atoms with Gasteiger partial charge >= 0.3 is 0 Å². The lowest BCUT2D eigenvalue weighted by molar-refractivity contribution is -0.130. The number of unbranched alkanes of at least 4 members (excludes halogenated alkanes) is 4. The van der Waals surface area contributed by atoms with Crippen LogP contribution in [0.1, 0.15) is 58.8 Å². The second-order valence-electron chi connectivity index (χ2n) is 5.05. The first kappa shape index (κ1) is 14.0. The lowest BCUT2D eigenvalue weighted by Crippen LogP contribution is -2.51. The molecule has 0 aliphatic carbocycles.